The number of hydrogen-bond acceptors (Lipinski definition) is 6. The highest BCUT2D eigenvalue weighted by atomic mass is 16.6. The maximum atomic E-state index is 12.6. The van der Waals surface area contributed by atoms with Crippen molar-refractivity contribution < 1.29 is 14.4 Å². The summed E-state index contributed by atoms with van der Waals surface area (Å²) in [5, 5.41) is 12.2. The highest BCUT2D eigenvalue weighted by Gasteiger charge is 2.26. The zero-order valence-corrected chi connectivity index (χ0v) is 15.6. The number of aromatic amines is 2. The Kier molecular flexibility index (Phi) is 5.07. The standard InChI is InChI=1S/C20H18N4O5/c1-28-8-9-29-11-12-6-7-14-13(10-12)19(24(26)27)17(21-14)18-20(25)23-16-5-3-2-4-15(16)22-18/h2-7,10,21H,8-9,11H2,1H3,(H,23,25). The summed E-state index contributed by atoms with van der Waals surface area (Å²) >= 11 is 0. The molecule has 0 saturated heterocycles. The van der Waals surface area contributed by atoms with Crippen LogP contribution in [-0.2, 0) is 16.1 Å². The molecule has 2 aromatic carbocycles. The Bertz CT molecular complexity index is 1260. The van der Waals surface area contributed by atoms with Crippen molar-refractivity contribution in [2.24, 2.45) is 0 Å². The maximum Gasteiger partial charge on any atom is 0.304 e. The van der Waals surface area contributed by atoms with Crippen LogP contribution in [0.1, 0.15) is 5.56 Å². The number of H-pyrrole nitrogens is 2. The molecular weight excluding hydrogens is 376 g/mol. The first-order valence-electron chi connectivity index (χ1n) is 8.93. The van der Waals surface area contributed by atoms with Crippen molar-refractivity contribution in [1.29, 1.82) is 0 Å². The zero-order chi connectivity index (χ0) is 20.4. The molecule has 29 heavy (non-hydrogen) atoms. The van der Waals surface area contributed by atoms with Crippen molar-refractivity contribution >= 4 is 27.6 Å². The number of nitrogens with zero attached hydrogens (tertiary/aromatic N) is 2. The number of benzene rings is 2. The number of methoxy groups -OCH3 is 1. The number of aromatic nitrogens is 3. The molecule has 0 amide bonds. The van der Waals surface area contributed by atoms with Crippen LogP contribution < -0.4 is 5.56 Å². The van der Waals surface area contributed by atoms with Gasteiger partial charge in [-0.15, -0.1) is 0 Å². The molecule has 2 N–H and O–H groups in total. The van der Waals surface area contributed by atoms with Gasteiger partial charge < -0.3 is 19.4 Å². The summed E-state index contributed by atoms with van der Waals surface area (Å²) in [5.41, 5.74) is 1.80. The van der Waals surface area contributed by atoms with Gasteiger partial charge in [-0.2, -0.15) is 0 Å². The van der Waals surface area contributed by atoms with E-state index < -0.39 is 10.5 Å². The van der Waals surface area contributed by atoms with E-state index >= 15 is 0 Å². The van der Waals surface area contributed by atoms with Gasteiger partial charge in [-0.1, -0.05) is 18.2 Å². The van der Waals surface area contributed by atoms with Gasteiger partial charge >= 0.3 is 5.69 Å². The smallest absolute Gasteiger partial charge is 0.304 e. The van der Waals surface area contributed by atoms with Gasteiger partial charge in [0.1, 0.15) is 5.69 Å². The molecule has 0 aliphatic rings. The van der Waals surface area contributed by atoms with Crippen molar-refractivity contribution in [2.45, 2.75) is 6.61 Å². The van der Waals surface area contributed by atoms with E-state index in [0.29, 0.717) is 41.8 Å². The largest absolute Gasteiger partial charge is 0.382 e. The third kappa shape index (κ3) is 3.60. The molecule has 4 rings (SSSR count). The number of para-hydroxylation sites is 2. The summed E-state index contributed by atoms with van der Waals surface area (Å²) in [6.07, 6.45) is 0. The first kappa shape index (κ1) is 18.8. The number of ether oxygens (including phenoxy) is 2. The number of nitro groups is 1. The van der Waals surface area contributed by atoms with Crippen LogP contribution in [0.15, 0.2) is 47.3 Å². The Balaban J connectivity index is 1.82. The SMILES string of the molecule is COCCOCc1ccc2[nH]c(-c3nc4ccccc4[nH]c3=O)c([N+](=O)[O-])c2c1. The van der Waals surface area contributed by atoms with Crippen LogP contribution >= 0.6 is 0 Å². The van der Waals surface area contributed by atoms with Crippen LogP contribution in [0.3, 0.4) is 0 Å². The Morgan fingerprint density at radius 1 is 1.10 bits per heavy atom. The molecular formula is C20H18N4O5. The lowest BCUT2D eigenvalue weighted by Crippen LogP contribution is -2.12. The van der Waals surface area contributed by atoms with E-state index in [1.807, 2.05) is 6.07 Å². The molecule has 0 atom stereocenters. The van der Waals surface area contributed by atoms with Crippen molar-refractivity contribution in [3.05, 3.63) is 68.5 Å². The predicted molar refractivity (Wildman–Crippen MR) is 108 cm³/mol. The van der Waals surface area contributed by atoms with Gasteiger partial charge in [-0.3, -0.25) is 14.9 Å². The lowest BCUT2D eigenvalue weighted by atomic mass is 10.1. The fourth-order valence-electron chi connectivity index (χ4n) is 3.21. The van der Waals surface area contributed by atoms with Gasteiger partial charge in [0.25, 0.3) is 5.56 Å². The maximum absolute atomic E-state index is 12.6. The van der Waals surface area contributed by atoms with Gasteiger partial charge in [0.05, 0.1) is 46.7 Å². The first-order chi connectivity index (χ1) is 14.1. The second kappa shape index (κ2) is 7.82. The summed E-state index contributed by atoms with van der Waals surface area (Å²) in [6.45, 7) is 1.18. The Labute approximate surface area is 164 Å². The van der Waals surface area contributed by atoms with E-state index in [2.05, 4.69) is 15.0 Å². The molecule has 0 unspecified atom stereocenters. The molecule has 2 heterocycles. The molecule has 9 heteroatoms. The summed E-state index contributed by atoms with van der Waals surface area (Å²) in [7, 11) is 1.59. The molecule has 0 aliphatic heterocycles. The van der Waals surface area contributed by atoms with Crippen LogP contribution in [-0.4, -0.2) is 40.2 Å². The average molecular weight is 394 g/mol. The minimum Gasteiger partial charge on any atom is -0.382 e. The van der Waals surface area contributed by atoms with Gasteiger partial charge in [0.2, 0.25) is 0 Å². The quantitative estimate of drug-likeness (QED) is 0.282. The van der Waals surface area contributed by atoms with E-state index in [1.54, 1.807) is 43.5 Å². The van der Waals surface area contributed by atoms with E-state index in [4.69, 9.17) is 9.47 Å². The summed E-state index contributed by atoms with van der Waals surface area (Å²) in [5.74, 6) is 0. The minimum absolute atomic E-state index is 0.0236. The normalized spacial score (nSPS) is 11.3. The van der Waals surface area contributed by atoms with E-state index in [9.17, 15) is 14.9 Å². The lowest BCUT2D eigenvalue weighted by molar-refractivity contribution is -0.382. The van der Waals surface area contributed by atoms with Crippen LogP contribution in [0.4, 0.5) is 5.69 Å². The highest BCUT2D eigenvalue weighted by Crippen LogP contribution is 2.35. The van der Waals surface area contributed by atoms with Gasteiger partial charge in [0, 0.05) is 7.11 Å². The molecule has 0 saturated carbocycles. The number of nitrogens with one attached hydrogen (secondary N) is 2. The number of fused-ring (bicyclic) bond motifs is 2. The van der Waals surface area contributed by atoms with Crippen LogP contribution in [0.5, 0.6) is 0 Å². The van der Waals surface area contributed by atoms with E-state index in [0.717, 1.165) is 5.56 Å². The Morgan fingerprint density at radius 2 is 1.93 bits per heavy atom. The molecule has 4 aromatic rings. The fraction of sp³-hybridized carbons (Fsp3) is 0.200. The lowest BCUT2D eigenvalue weighted by Gasteiger charge is -2.03. The summed E-state index contributed by atoms with van der Waals surface area (Å²) < 4.78 is 10.4. The van der Waals surface area contributed by atoms with E-state index in [1.165, 1.54) is 0 Å². The van der Waals surface area contributed by atoms with Crippen LogP contribution in [0.2, 0.25) is 0 Å². The number of rotatable bonds is 7. The second-order valence-corrected chi connectivity index (χ2v) is 6.46. The molecule has 0 fully saturated rings. The van der Waals surface area contributed by atoms with Gasteiger partial charge in [0.15, 0.2) is 5.69 Å². The van der Waals surface area contributed by atoms with Crippen LogP contribution in [0.25, 0.3) is 33.3 Å². The first-order valence-corrected chi connectivity index (χ1v) is 8.93. The third-order valence-corrected chi connectivity index (χ3v) is 4.56. The van der Waals surface area contributed by atoms with Gasteiger partial charge in [-0.05, 0) is 29.8 Å². The fourth-order valence-corrected chi connectivity index (χ4v) is 3.21. The number of hydrogen-bond donors (Lipinski definition) is 2. The molecule has 0 aliphatic carbocycles. The van der Waals surface area contributed by atoms with Crippen molar-refractivity contribution in [2.75, 3.05) is 20.3 Å². The van der Waals surface area contributed by atoms with Crippen molar-refractivity contribution in [3.63, 3.8) is 0 Å². The molecule has 148 valence electrons. The predicted octanol–water partition coefficient (Wildman–Crippen LogP) is 3.14. The molecule has 2 aromatic heterocycles. The molecule has 9 nitrogen and oxygen atoms in total. The summed E-state index contributed by atoms with van der Waals surface area (Å²) in [6, 6.07) is 12.3. The molecule has 0 spiro atoms. The monoisotopic (exact) mass is 394 g/mol. The Hall–Kier alpha value is -3.56. The van der Waals surface area contributed by atoms with Crippen molar-refractivity contribution in [1.82, 2.24) is 15.0 Å². The third-order valence-electron chi connectivity index (χ3n) is 4.56. The second-order valence-electron chi connectivity index (χ2n) is 6.46. The Morgan fingerprint density at radius 3 is 2.72 bits per heavy atom. The van der Waals surface area contributed by atoms with Crippen LogP contribution in [0, 0.1) is 10.1 Å². The van der Waals surface area contributed by atoms with Gasteiger partial charge in [-0.25, -0.2) is 4.98 Å². The topological polar surface area (TPSA) is 123 Å². The highest BCUT2D eigenvalue weighted by molar-refractivity contribution is 5.97. The zero-order valence-electron chi connectivity index (χ0n) is 15.6. The average Bonchev–Trinajstić information content (AvgIpc) is 3.09. The minimum atomic E-state index is -0.500. The van der Waals surface area contributed by atoms with E-state index in [-0.39, 0.29) is 17.1 Å². The van der Waals surface area contributed by atoms with Crippen molar-refractivity contribution in [3.8, 4) is 11.4 Å². The molecule has 0 radical (unpaired) electrons. The summed E-state index contributed by atoms with van der Waals surface area (Å²) in [4.78, 5) is 34.0. The molecule has 0 bridgehead atoms.